The highest BCUT2D eigenvalue weighted by atomic mass is 19.1. The monoisotopic (exact) mass is 286 g/mol. The van der Waals surface area contributed by atoms with E-state index in [0.29, 0.717) is 35.9 Å². The summed E-state index contributed by atoms with van der Waals surface area (Å²) < 4.78 is 13.6. The topological polar surface area (TPSA) is 78.5 Å². The average Bonchev–Trinajstić information content (AvgIpc) is 2.97. The van der Waals surface area contributed by atoms with Crippen molar-refractivity contribution in [2.45, 2.75) is 6.42 Å². The number of aromatic nitrogens is 4. The summed E-state index contributed by atoms with van der Waals surface area (Å²) in [5.41, 5.74) is 2.00. The summed E-state index contributed by atoms with van der Waals surface area (Å²) in [6, 6.07) is 6.76. The Balaban J connectivity index is 1.76. The van der Waals surface area contributed by atoms with Gasteiger partial charge in [-0.2, -0.15) is 9.97 Å². The van der Waals surface area contributed by atoms with Gasteiger partial charge >= 0.3 is 0 Å². The second-order valence-electron chi connectivity index (χ2n) is 4.52. The van der Waals surface area contributed by atoms with Gasteiger partial charge in [0.2, 0.25) is 5.95 Å². The molecule has 2 aromatic heterocycles. The van der Waals surface area contributed by atoms with Crippen LogP contribution in [0.25, 0.3) is 11.2 Å². The lowest BCUT2D eigenvalue weighted by molar-refractivity contribution is 0.610. The van der Waals surface area contributed by atoms with E-state index in [1.54, 1.807) is 25.5 Å². The van der Waals surface area contributed by atoms with Crippen molar-refractivity contribution in [2.75, 3.05) is 24.2 Å². The second kappa shape index (κ2) is 5.74. The number of hydrogen-bond donors (Lipinski definition) is 3. The SMILES string of the molecule is CNc1nc(NCCc2ccccc2F)c2[nH]cnc2n1. The van der Waals surface area contributed by atoms with Gasteiger partial charge in [0.1, 0.15) is 11.3 Å². The van der Waals surface area contributed by atoms with Gasteiger partial charge in [0, 0.05) is 13.6 Å². The van der Waals surface area contributed by atoms with Crippen molar-refractivity contribution in [3.63, 3.8) is 0 Å². The molecule has 0 radical (unpaired) electrons. The smallest absolute Gasteiger partial charge is 0.226 e. The first-order chi connectivity index (χ1) is 10.3. The molecule has 0 saturated carbocycles. The van der Waals surface area contributed by atoms with E-state index in [1.165, 1.54) is 6.07 Å². The van der Waals surface area contributed by atoms with Gasteiger partial charge in [0.15, 0.2) is 11.5 Å². The van der Waals surface area contributed by atoms with Crippen molar-refractivity contribution in [3.8, 4) is 0 Å². The standard InChI is InChI=1S/C14H15FN6/c1-16-14-20-12(11-13(21-14)19-8-18-11)17-7-6-9-4-2-3-5-10(9)15/h2-5,8H,6-7H2,1H3,(H3,16,17,18,19,20,21). The van der Waals surface area contributed by atoms with Crippen molar-refractivity contribution >= 4 is 22.9 Å². The predicted molar refractivity (Wildman–Crippen MR) is 79.8 cm³/mol. The summed E-state index contributed by atoms with van der Waals surface area (Å²) in [5.74, 6) is 0.950. The highest BCUT2D eigenvalue weighted by Crippen LogP contribution is 2.18. The molecule has 3 N–H and O–H groups in total. The van der Waals surface area contributed by atoms with E-state index in [2.05, 4.69) is 30.6 Å². The van der Waals surface area contributed by atoms with Crippen LogP contribution in [0.2, 0.25) is 0 Å². The van der Waals surface area contributed by atoms with Crippen molar-refractivity contribution in [1.82, 2.24) is 19.9 Å². The lowest BCUT2D eigenvalue weighted by atomic mass is 10.1. The van der Waals surface area contributed by atoms with Gasteiger partial charge in [-0.3, -0.25) is 0 Å². The maximum Gasteiger partial charge on any atom is 0.226 e. The molecule has 0 aliphatic heterocycles. The molecule has 3 rings (SSSR count). The van der Waals surface area contributed by atoms with Crippen molar-refractivity contribution in [3.05, 3.63) is 42.0 Å². The molecule has 6 nitrogen and oxygen atoms in total. The lowest BCUT2D eigenvalue weighted by Gasteiger charge is -2.08. The summed E-state index contributed by atoms with van der Waals surface area (Å²) in [4.78, 5) is 15.7. The number of hydrogen-bond acceptors (Lipinski definition) is 5. The first kappa shape index (κ1) is 13.3. The number of aromatic amines is 1. The highest BCUT2D eigenvalue weighted by Gasteiger charge is 2.09. The fourth-order valence-electron chi connectivity index (χ4n) is 2.09. The lowest BCUT2D eigenvalue weighted by Crippen LogP contribution is -2.09. The summed E-state index contributed by atoms with van der Waals surface area (Å²) in [5, 5.41) is 6.09. The molecule has 0 aliphatic rings. The summed E-state index contributed by atoms with van der Waals surface area (Å²) in [6.45, 7) is 0.565. The highest BCUT2D eigenvalue weighted by molar-refractivity contribution is 5.83. The number of H-pyrrole nitrogens is 1. The number of imidazole rings is 1. The van der Waals surface area contributed by atoms with E-state index in [9.17, 15) is 4.39 Å². The molecule has 3 aromatic rings. The maximum absolute atomic E-state index is 13.6. The molecule has 21 heavy (non-hydrogen) atoms. The number of benzene rings is 1. The van der Waals surface area contributed by atoms with E-state index in [4.69, 9.17) is 0 Å². The molecular weight excluding hydrogens is 271 g/mol. The van der Waals surface area contributed by atoms with Crippen LogP contribution in [0.5, 0.6) is 0 Å². The van der Waals surface area contributed by atoms with Crippen LogP contribution in [0.3, 0.4) is 0 Å². The fourth-order valence-corrected chi connectivity index (χ4v) is 2.09. The van der Waals surface area contributed by atoms with Gasteiger partial charge in [-0.15, -0.1) is 0 Å². The minimum Gasteiger partial charge on any atom is -0.368 e. The van der Waals surface area contributed by atoms with E-state index in [0.717, 1.165) is 5.52 Å². The van der Waals surface area contributed by atoms with Gasteiger partial charge in [-0.05, 0) is 18.1 Å². The Bertz CT molecular complexity index is 754. The number of nitrogens with one attached hydrogen (secondary N) is 3. The zero-order valence-electron chi connectivity index (χ0n) is 11.5. The van der Waals surface area contributed by atoms with Gasteiger partial charge in [-0.25, -0.2) is 9.37 Å². The minimum atomic E-state index is -0.190. The molecule has 108 valence electrons. The Kier molecular flexibility index (Phi) is 3.63. The quantitative estimate of drug-likeness (QED) is 0.670. The molecular formula is C14H15FN6. The number of nitrogens with zero attached hydrogens (tertiary/aromatic N) is 3. The van der Waals surface area contributed by atoms with Crippen LogP contribution in [0.15, 0.2) is 30.6 Å². The molecule has 0 amide bonds. The van der Waals surface area contributed by atoms with Crippen LogP contribution >= 0.6 is 0 Å². The Morgan fingerprint density at radius 3 is 2.90 bits per heavy atom. The molecule has 0 atom stereocenters. The minimum absolute atomic E-state index is 0.190. The third-order valence-corrected chi connectivity index (χ3v) is 3.15. The van der Waals surface area contributed by atoms with E-state index < -0.39 is 0 Å². The van der Waals surface area contributed by atoms with Crippen LogP contribution in [0.4, 0.5) is 16.2 Å². The van der Waals surface area contributed by atoms with Gasteiger partial charge in [-0.1, -0.05) is 18.2 Å². The molecule has 0 fully saturated rings. The number of rotatable bonds is 5. The fraction of sp³-hybridized carbons (Fsp3) is 0.214. The van der Waals surface area contributed by atoms with E-state index in [-0.39, 0.29) is 5.82 Å². The number of anilines is 2. The zero-order valence-corrected chi connectivity index (χ0v) is 11.5. The maximum atomic E-state index is 13.6. The van der Waals surface area contributed by atoms with Gasteiger partial charge in [0.25, 0.3) is 0 Å². The Labute approximate surface area is 120 Å². The molecule has 0 aliphatic carbocycles. The van der Waals surface area contributed by atoms with Crippen LogP contribution in [-0.2, 0) is 6.42 Å². The third kappa shape index (κ3) is 2.76. The van der Waals surface area contributed by atoms with Crippen LogP contribution in [-0.4, -0.2) is 33.5 Å². The van der Waals surface area contributed by atoms with Crippen LogP contribution in [0, 0.1) is 5.82 Å². The largest absolute Gasteiger partial charge is 0.368 e. The third-order valence-electron chi connectivity index (χ3n) is 3.15. The van der Waals surface area contributed by atoms with E-state index in [1.807, 2.05) is 6.07 Å². The molecule has 0 bridgehead atoms. The Hall–Kier alpha value is -2.70. The first-order valence-electron chi connectivity index (χ1n) is 6.64. The second-order valence-corrected chi connectivity index (χ2v) is 4.52. The summed E-state index contributed by atoms with van der Waals surface area (Å²) in [6.07, 6.45) is 2.14. The number of halogens is 1. The summed E-state index contributed by atoms with van der Waals surface area (Å²) in [7, 11) is 1.75. The van der Waals surface area contributed by atoms with Crippen molar-refractivity contribution in [1.29, 1.82) is 0 Å². The molecule has 0 saturated heterocycles. The normalized spacial score (nSPS) is 10.8. The van der Waals surface area contributed by atoms with Gasteiger partial charge < -0.3 is 15.6 Å². The van der Waals surface area contributed by atoms with E-state index >= 15 is 0 Å². The van der Waals surface area contributed by atoms with Crippen molar-refractivity contribution < 1.29 is 4.39 Å². The zero-order chi connectivity index (χ0) is 14.7. The molecule has 0 spiro atoms. The first-order valence-corrected chi connectivity index (χ1v) is 6.64. The van der Waals surface area contributed by atoms with Crippen LogP contribution < -0.4 is 10.6 Å². The van der Waals surface area contributed by atoms with Crippen LogP contribution in [0.1, 0.15) is 5.56 Å². The molecule has 2 heterocycles. The average molecular weight is 286 g/mol. The number of fused-ring (bicyclic) bond motifs is 1. The summed E-state index contributed by atoms with van der Waals surface area (Å²) >= 11 is 0. The molecule has 1 aromatic carbocycles. The predicted octanol–water partition coefficient (Wildman–Crippen LogP) is 2.19. The molecule has 7 heteroatoms. The Morgan fingerprint density at radius 1 is 1.24 bits per heavy atom. The van der Waals surface area contributed by atoms with Crippen molar-refractivity contribution in [2.24, 2.45) is 0 Å². The molecule has 0 unspecified atom stereocenters. The van der Waals surface area contributed by atoms with Gasteiger partial charge in [0.05, 0.1) is 6.33 Å². The Morgan fingerprint density at radius 2 is 2.10 bits per heavy atom.